The molecule has 0 saturated carbocycles. The number of carbonyl (C=O) groups excluding carboxylic acids is 2. The van der Waals surface area contributed by atoms with Crippen LogP contribution in [0.1, 0.15) is 30.1 Å². The maximum Gasteiger partial charge on any atom is 0.341 e. The number of benzene rings is 1. The van der Waals surface area contributed by atoms with Gasteiger partial charge < -0.3 is 15.4 Å². The maximum absolute atomic E-state index is 12.6. The third kappa shape index (κ3) is 3.80. The van der Waals surface area contributed by atoms with Crippen LogP contribution in [-0.2, 0) is 9.59 Å². The SMILES string of the molecule is CC(=O)N(C(=O)[C@@H]1CCCN1)c1ccc(-c2ccc(C(=O)O)c(=O)[nH]2)cc1. The highest BCUT2D eigenvalue weighted by Gasteiger charge is 2.30. The van der Waals surface area contributed by atoms with E-state index in [1.807, 2.05) is 0 Å². The van der Waals surface area contributed by atoms with Gasteiger partial charge in [0.25, 0.3) is 11.5 Å². The number of aromatic nitrogens is 1. The molecule has 0 radical (unpaired) electrons. The highest BCUT2D eigenvalue weighted by Crippen LogP contribution is 2.23. The van der Waals surface area contributed by atoms with Gasteiger partial charge in [0.05, 0.1) is 11.7 Å². The minimum atomic E-state index is -1.30. The monoisotopic (exact) mass is 369 g/mol. The zero-order valence-electron chi connectivity index (χ0n) is 14.7. The summed E-state index contributed by atoms with van der Waals surface area (Å²) in [5.74, 6) is -1.96. The summed E-state index contributed by atoms with van der Waals surface area (Å²) in [4.78, 5) is 51.1. The van der Waals surface area contributed by atoms with Gasteiger partial charge in [0.15, 0.2) is 0 Å². The number of hydrogen-bond acceptors (Lipinski definition) is 5. The molecule has 1 fully saturated rings. The number of rotatable bonds is 4. The molecule has 2 amide bonds. The van der Waals surface area contributed by atoms with E-state index >= 15 is 0 Å². The zero-order valence-corrected chi connectivity index (χ0v) is 14.7. The van der Waals surface area contributed by atoms with Crippen LogP contribution >= 0.6 is 0 Å². The molecule has 3 N–H and O–H groups in total. The number of nitrogens with zero attached hydrogens (tertiary/aromatic N) is 1. The summed E-state index contributed by atoms with van der Waals surface area (Å²) >= 11 is 0. The number of anilines is 1. The lowest BCUT2D eigenvalue weighted by Crippen LogP contribution is -2.46. The molecule has 2 heterocycles. The number of aromatic carboxylic acids is 1. The summed E-state index contributed by atoms with van der Waals surface area (Å²) in [6, 6.07) is 8.92. The van der Waals surface area contributed by atoms with Crippen LogP contribution in [0.3, 0.4) is 0 Å². The molecular weight excluding hydrogens is 350 g/mol. The van der Waals surface area contributed by atoms with E-state index in [2.05, 4.69) is 10.3 Å². The minimum absolute atomic E-state index is 0.285. The van der Waals surface area contributed by atoms with Gasteiger partial charge in [-0.25, -0.2) is 9.69 Å². The van der Waals surface area contributed by atoms with Gasteiger partial charge >= 0.3 is 5.97 Å². The van der Waals surface area contributed by atoms with Crippen LogP contribution in [0.15, 0.2) is 41.2 Å². The molecule has 8 heteroatoms. The topological polar surface area (TPSA) is 120 Å². The first-order valence-corrected chi connectivity index (χ1v) is 8.53. The number of hydrogen-bond donors (Lipinski definition) is 3. The van der Waals surface area contributed by atoms with Gasteiger partial charge in [-0.15, -0.1) is 0 Å². The van der Waals surface area contributed by atoms with Gasteiger partial charge in [0.1, 0.15) is 5.56 Å². The minimum Gasteiger partial charge on any atom is -0.477 e. The van der Waals surface area contributed by atoms with Crippen molar-refractivity contribution in [3.05, 3.63) is 52.3 Å². The summed E-state index contributed by atoms with van der Waals surface area (Å²) in [6.45, 7) is 2.09. The van der Waals surface area contributed by atoms with Crippen molar-refractivity contribution in [1.82, 2.24) is 10.3 Å². The van der Waals surface area contributed by atoms with Crippen LogP contribution in [0, 0.1) is 0 Å². The molecule has 0 bridgehead atoms. The number of carbonyl (C=O) groups is 3. The predicted octanol–water partition coefficient (Wildman–Crippen LogP) is 1.37. The first kappa shape index (κ1) is 18.5. The zero-order chi connectivity index (χ0) is 19.6. The van der Waals surface area contributed by atoms with Crippen LogP contribution in [0.4, 0.5) is 5.69 Å². The van der Waals surface area contributed by atoms with E-state index in [1.165, 1.54) is 19.1 Å². The van der Waals surface area contributed by atoms with E-state index < -0.39 is 11.5 Å². The lowest BCUT2D eigenvalue weighted by molar-refractivity contribution is -0.126. The fourth-order valence-corrected chi connectivity index (χ4v) is 3.12. The number of imide groups is 1. The van der Waals surface area contributed by atoms with Crippen LogP contribution < -0.4 is 15.8 Å². The van der Waals surface area contributed by atoms with E-state index in [4.69, 9.17) is 5.11 Å². The van der Waals surface area contributed by atoms with Crippen molar-refractivity contribution in [1.29, 1.82) is 0 Å². The first-order chi connectivity index (χ1) is 12.9. The largest absolute Gasteiger partial charge is 0.477 e. The molecule has 1 aliphatic heterocycles. The Morgan fingerprint density at radius 2 is 1.81 bits per heavy atom. The molecule has 0 spiro atoms. The maximum atomic E-state index is 12.6. The third-order valence-corrected chi connectivity index (χ3v) is 4.47. The Balaban J connectivity index is 1.88. The number of H-pyrrole nitrogens is 1. The molecule has 0 aliphatic carbocycles. The summed E-state index contributed by atoms with van der Waals surface area (Å²) in [5.41, 5.74) is 0.469. The Hall–Kier alpha value is -3.26. The second kappa shape index (κ2) is 7.55. The number of carboxylic acids is 1. The van der Waals surface area contributed by atoms with Crippen molar-refractivity contribution in [3.63, 3.8) is 0 Å². The average molecular weight is 369 g/mol. The number of nitrogens with one attached hydrogen (secondary N) is 2. The summed E-state index contributed by atoms with van der Waals surface area (Å²) in [6.07, 6.45) is 1.58. The van der Waals surface area contributed by atoms with Crippen molar-refractivity contribution < 1.29 is 19.5 Å². The van der Waals surface area contributed by atoms with Gasteiger partial charge in [-0.1, -0.05) is 12.1 Å². The van der Waals surface area contributed by atoms with Crippen molar-refractivity contribution in [2.24, 2.45) is 0 Å². The third-order valence-electron chi connectivity index (χ3n) is 4.47. The van der Waals surface area contributed by atoms with E-state index in [0.29, 0.717) is 23.4 Å². The standard InChI is InChI=1S/C19H19N3O5/c1-11(23)22(18(25)16-3-2-10-20-16)13-6-4-12(5-7-13)15-9-8-14(19(26)27)17(24)21-15/h4-9,16,20H,2-3,10H2,1H3,(H,21,24)(H,26,27)/t16-/m0/s1. The highest BCUT2D eigenvalue weighted by atomic mass is 16.4. The number of carboxylic acid groups (broad SMARTS) is 1. The molecule has 0 unspecified atom stereocenters. The Morgan fingerprint density at radius 1 is 1.11 bits per heavy atom. The van der Waals surface area contributed by atoms with Gasteiger partial charge in [0.2, 0.25) is 5.91 Å². The Morgan fingerprint density at radius 3 is 2.33 bits per heavy atom. The molecule has 1 aliphatic rings. The van der Waals surface area contributed by atoms with Crippen LogP contribution in [-0.4, -0.2) is 40.5 Å². The van der Waals surface area contributed by atoms with Gasteiger partial charge in [-0.05, 0) is 49.2 Å². The second-order valence-corrected chi connectivity index (χ2v) is 6.31. The molecule has 27 heavy (non-hydrogen) atoms. The van der Waals surface area contributed by atoms with Crippen molar-refractivity contribution >= 4 is 23.5 Å². The first-order valence-electron chi connectivity index (χ1n) is 8.53. The average Bonchev–Trinajstić information content (AvgIpc) is 3.16. The van der Waals surface area contributed by atoms with Crippen molar-refractivity contribution in [3.8, 4) is 11.3 Å². The molecule has 2 aromatic rings. The molecule has 1 aromatic carbocycles. The van der Waals surface area contributed by atoms with Crippen molar-refractivity contribution in [2.45, 2.75) is 25.8 Å². The molecule has 1 aromatic heterocycles. The molecule has 1 saturated heterocycles. The Bertz CT molecular complexity index is 943. The lowest BCUT2D eigenvalue weighted by atomic mass is 10.1. The van der Waals surface area contributed by atoms with Crippen molar-refractivity contribution in [2.75, 3.05) is 11.4 Å². The number of amides is 2. The molecule has 140 valence electrons. The van der Waals surface area contributed by atoms with E-state index in [0.717, 1.165) is 17.9 Å². The normalized spacial score (nSPS) is 16.1. The Kier molecular flexibility index (Phi) is 5.18. The van der Waals surface area contributed by atoms with E-state index in [9.17, 15) is 19.2 Å². The van der Waals surface area contributed by atoms with Crippen LogP contribution in [0.5, 0.6) is 0 Å². The summed E-state index contributed by atoms with van der Waals surface area (Å²) < 4.78 is 0. The summed E-state index contributed by atoms with van der Waals surface area (Å²) in [7, 11) is 0. The highest BCUT2D eigenvalue weighted by molar-refractivity contribution is 6.15. The Labute approximate surface area is 154 Å². The summed E-state index contributed by atoms with van der Waals surface area (Å²) in [5, 5.41) is 12.0. The predicted molar refractivity (Wildman–Crippen MR) is 98.6 cm³/mol. The fourth-order valence-electron chi connectivity index (χ4n) is 3.12. The van der Waals surface area contributed by atoms with Gasteiger partial charge in [-0.3, -0.25) is 14.4 Å². The van der Waals surface area contributed by atoms with E-state index in [1.54, 1.807) is 24.3 Å². The quantitative estimate of drug-likeness (QED) is 0.749. The molecule has 1 atom stereocenters. The van der Waals surface area contributed by atoms with Gasteiger partial charge in [0, 0.05) is 12.6 Å². The second-order valence-electron chi connectivity index (χ2n) is 6.31. The molecule has 8 nitrogen and oxygen atoms in total. The number of aromatic amines is 1. The van der Waals surface area contributed by atoms with Crippen LogP contribution in [0.25, 0.3) is 11.3 Å². The smallest absolute Gasteiger partial charge is 0.341 e. The fraction of sp³-hybridized carbons (Fsp3) is 0.263. The number of pyridine rings is 1. The molecule has 3 rings (SSSR count). The van der Waals surface area contributed by atoms with E-state index in [-0.39, 0.29) is 23.4 Å². The van der Waals surface area contributed by atoms with Crippen LogP contribution in [0.2, 0.25) is 0 Å². The molecular formula is C19H19N3O5. The lowest BCUT2D eigenvalue weighted by Gasteiger charge is -2.23. The van der Waals surface area contributed by atoms with Gasteiger partial charge in [-0.2, -0.15) is 0 Å².